The fourth-order valence-electron chi connectivity index (χ4n) is 2.96. The maximum absolute atomic E-state index is 13.1. The van der Waals surface area contributed by atoms with Crippen molar-refractivity contribution in [1.29, 1.82) is 0 Å². The first-order valence-corrected chi connectivity index (χ1v) is 10.3. The van der Waals surface area contributed by atoms with E-state index >= 15 is 0 Å². The molecule has 0 saturated carbocycles. The Bertz CT molecular complexity index is 934. The smallest absolute Gasteiger partial charge is 0.475 e. The second kappa shape index (κ2) is 9.27. The SMILES string of the molecule is NCCCC1Cc2ccccc2N(c2ccccc2)S1(=O)=O.O=C(O)C(F)(F)F. The fraction of sp³-hybridized carbons (Fsp3) is 0.316. The van der Waals surface area contributed by atoms with Crippen molar-refractivity contribution in [3.8, 4) is 0 Å². The van der Waals surface area contributed by atoms with Gasteiger partial charge in [0.1, 0.15) is 0 Å². The highest BCUT2D eigenvalue weighted by molar-refractivity contribution is 7.93. The van der Waals surface area contributed by atoms with Crippen molar-refractivity contribution < 1.29 is 31.5 Å². The van der Waals surface area contributed by atoms with Crippen molar-refractivity contribution in [3.05, 3.63) is 60.2 Å². The summed E-state index contributed by atoms with van der Waals surface area (Å²) in [6.07, 6.45) is -3.22. The molecule has 3 N–H and O–H groups in total. The lowest BCUT2D eigenvalue weighted by molar-refractivity contribution is -0.192. The van der Waals surface area contributed by atoms with Crippen LogP contribution in [0.3, 0.4) is 0 Å². The number of alkyl halides is 3. The fourth-order valence-corrected chi connectivity index (χ4v) is 4.98. The molecule has 0 radical (unpaired) electrons. The van der Waals surface area contributed by atoms with Crippen LogP contribution in [-0.2, 0) is 21.2 Å². The molecule has 1 aliphatic heterocycles. The van der Waals surface area contributed by atoms with Crippen LogP contribution in [-0.4, -0.2) is 37.5 Å². The second-order valence-electron chi connectivity index (χ2n) is 6.33. The zero-order valence-electron chi connectivity index (χ0n) is 15.3. The van der Waals surface area contributed by atoms with Crippen LogP contribution < -0.4 is 10.0 Å². The first-order valence-electron chi connectivity index (χ1n) is 8.76. The van der Waals surface area contributed by atoms with E-state index in [9.17, 15) is 21.6 Å². The van der Waals surface area contributed by atoms with E-state index < -0.39 is 27.4 Å². The minimum atomic E-state index is -5.08. The molecule has 3 rings (SSSR count). The van der Waals surface area contributed by atoms with Crippen molar-refractivity contribution in [2.24, 2.45) is 5.73 Å². The molecule has 0 aliphatic carbocycles. The number of halogens is 3. The van der Waals surface area contributed by atoms with Crippen LogP contribution >= 0.6 is 0 Å². The van der Waals surface area contributed by atoms with Crippen LogP contribution in [0, 0.1) is 0 Å². The molecule has 10 heteroatoms. The standard InChI is InChI=1S/C17H20N2O2S.C2HF3O2/c18-12-6-10-16-13-14-7-4-5-11-17(14)19(22(16,20)21)15-8-2-1-3-9-15;3-2(4,5)1(6)7/h1-5,7-9,11,16H,6,10,12-13,18H2;(H,6,7). The molecule has 1 unspecified atom stereocenters. The molecule has 1 atom stereocenters. The Balaban J connectivity index is 0.000000370. The largest absolute Gasteiger partial charge is 0.490 e. The number of carboxylic acid groups (broad SMARTS) is 1. The number of sulfonamides is 1. The number of para-hydroxylation sites is 2. The number of hydrogen-bond donors (Lipinski definition) is 2. The third kappa shape index (κ3) is 5.48. The molecule has 2 aromatic rings. The summed E-state index contributed by atoms with van der Waals surface area (Å²) in [5.41, 5.74) is 8.09. The summed E-state index contributed by atoms with van der Waals surface area (Å²) in [7, 11) is -3.43. The molecule has 0 spiro atoms. The molecular formula is C19H21F3N2O4S. The molecule has 0 saturated heterocycles. The van der Waals surface area contributed by atoms with Gasteiger partial charge in [-0.25, -0.2) is 17.5 Å². The minimum absolute atomic E-state index is 0.411. The average Bonchev–Trinajstić information content (AvgIpc) is 2.66. The van der Waals surface area contributed by atoms with Crippen LogP contribution in [0.1, 0.15) is 18.4 Å². The van der Waals surface area contributed by atoms with Gasteiger partial charge in [-0.3, -0.25) is 0 Å². The predicted molar refractivity (Wildman–Crippen MR) is 103 cm³/mol. The normalized spacial score (nSPS) is 17.7. The summed E-state index contributed by atoms with van der Waals surface area (Å²) < 4.78 is 59.4. The minimum Gasteiger partial charge on any atom is -0.475 e. The maximum Gasteiger partial charge on any atom is 0.490 e. The number of nitrogens with two attached hydrogens (primary N) is 1. The Labute approximate surface area is 166 Å². The third-order valence-corrected chi connectivity index (χ3v) is 6.46. The highest BCUT2D eigenvalue weighted by Gasteiger charge is 2.39. The van der Waals surface area contributed by atoms with Gasteiger partial charge >= 0.3 is 12.1 Å². The number of anilines is 2. The summed E-state index contributed by atoms with van der Waals surface area (Å²) >= 11 is 0. The van der Waals surface area contributed by atoms with Gasteiger partial charge in [-0.1, -0.05) is 36.4 Å². The van der Waals surface area contributed by atoms with E-state index in [2.05, 4.69) is 0 Å². The van der Waals surface area contributed by atoms with E-state index in [0.717, 1.165) is 11.3 Å². The number of nitrogens with zero attached hydrogens (tertiary/aromatic N) is 1. The zero-order valence-corrected chi connectivity index (χ0v) is 16.2. The van der Waals surface area contributed by atoms with Crippen LogP contribution in [0.15, 0.2) is 54.6 Å². The number of carboxylic acids is 1. The Morgan fingerprint density at radius 3 is 2.21 bits per heavy atom. The van der Waals surface area contributed by atoms with E-state index in [4.69, 9.17) is 15.6 Å². The van der Waals surface area contributed by atoms with Crippen molar-refractivity contribution in [3.63, 3.8) is 0 Å². The maximum atomic E-state index is 13.1. The summed E-state index contributed by atoms with van der Waals surface area (Å²) in [6, 6.07) is 17.0. The first-order chi connectivity index (χ1) is 13.6. The Kier molecular flexibility index (Phi) is 7.26. The van der Waals surface area contributed by atoms with Crippen molar-refractivity contribution in [1.82, 2.24) is 0 Å². The second-order valence-corrected chi connectivity index (χ2v) is 8.40. The van der Waals surface area contributed by atoms with Crippen molar-refractivity contribution in [2.75, 3.05) is 10.8 Å². The van der Waals surface area contributed by atoms with Crippen LogP contribution in [0.5, 0.6) is 0 Å². The third-order valence-electron chi connectivity index (χ3n) is 4.30. The van der Waals surface area contributed by atoms with Gasteiger partial charge in [0.25, 0.3) is 0 Å². The van der Waals surface area contributed by atoms with E-state index in [1.165, 1.54) is 4.31 Å². The monoisotopic (exact) mass is 430 g/mol. The van der Waals surface area contributed by atoms with Gasteiger partial charge in [0.05, 0.1) is 16.6 Å². The molecule has 29 heavy (non-hydrogen) atoms. The van der Waals surface area contributed by atoms with Gasteiger partial charge in [-0.2, -0.15) is 13.2 Å². The van der Waals surface area contributed by atoms with Crippen molar-refractivity contribution in [2.45, 2.75) is 30.7 Å². The molecule has 158 valence electrons. The van der Waals surface area contributed by atoms with Gasteiger partial charge in [-0.05, 0) is 49.6 Å². The summed E-state index contributed by atoms with van der Waals surface area (Å²) in [5.74, 6) is -2.76. The van der Waals surface area contributed by atoms with E-state index in [1.54, 1.807) is 0 Å². The highest BCUT2D eigenvalue weighted by atomic mass is 32.2. The predicted octanol–water partition coefficient (Wildman–Crippen LogP) is 3.45. The number of benzene rings is 2. The average molecular weight is 430 g/mol. The molecule has 2 aromatic carbocycles. The van der Waals surface area contributed by atoms with E-state index in [1.807, 2.05) is 54.6 Å². The molecule has 0 aromatic heterocycles. The van der Waals surface area contributed by atoms with Gasteiger partial charge in [0.2, 0.25) is 10.0 Å². The zero-order chi connectivity index (χ0) is 21.7. The molecule has 1 heterocycles. The Morgan fingerprint density at radius 1 is 1.10 bits per heavy atom. The number of rotatable bonds is 4. The van der Waals surface area contributed by atoms with Gasteiger partial charge in [0.15, 0.2) is 0 Å². The van der Waals surface area contributed by atoms with Crippen LogP contribution in [0.2, 0.25) is 0 Å². The number of carbonyl (C=O) groups is 1. The number of hydrogen-bond acceptors (Lipinski definition) is 4. The lowest BCUT2D eigenvalue weighted by Crippen LogP contribution is -2.41. The molecular weight excluding hydrogens is 409 g/mol. The van der Waals surface area contributed by atoms with Crippen molar-refractivity contribution >= 4 is 27.4 Å². The van der Waals surface area contributed by atoms with Gasteiger partial charge < -0.3 is 10.8 Å². The Morgan fingerprint density at radius 2 is 1.66 bits per heavy atom. The van der Waals surface area contributed by atoms with Gasteiger partial charge in [-0.15, -0.1) is 0 Å². The quantitative estimate of drug-likeness (QED) is 0.774. The van der Waals surface area contributed by atoms with E-state index in [-0.39, 0.29) is 0 Å². The van der Waals surface area contributed by atoms with Crippen LogP contribution in [0.4, 0.5) is 24.5 Å². The lowest BCUT2D eigenvalue weighted by Gasteiger charge is -2.35. The Hall–Kier alpha value is -2.59. The number of fused-ring (bicyclic) bond motifs is 1. The highest BCUT2D eigenvalue weighted by Crippen LogP contribution is 2.39. The first kappa shape index (κ1) is 22.7. The molecule has 6 nitrogen and oxygen atoms in total. The van der Waals surface area contributed by atoms with E-state index in [0.29, 0.717) is 31.5 Å². The molecule has 0 fully saturated rings. The molecule has 0 amide bonds. The lowest BCUT2D eigenvalue weighted by atomic mass is 10.0. The van der Waals surface area contributed by atoms with Crippen LogP contribution in [0.25, 0.3) is 0 Å². The summed E-state index contributed by atoms with van der Waals surface area (Å²) in [5, 5.41) is 6.71. The van der Waals surface area contributed by atoms with Gasteiger partial charge in [0, 0.05) is 0 Å². The topological polar surface area (TPSA) is 101 Å². The number of aliphatic carboxylic acids is 1. The summed E-state index contributed by atoms with van der Waals surface area (Å²) in [6.45, 7) is 0.513. The molecule has 0 bridgehead atoms. The molecule has 1 aliphatic rings. The summed E-state index contributed by atoms with van der Waals surface area (Å²) in [4.78, 5) is 8.90.